The zero-order valence-electron chi connectivity index (χ0n) is 10.4. The standard InChI is InChI=1S/C11H20N2O3/c1-6(7(14)15)12-9(16)13-8-10(2,3)11(8,4)5/h6,8H,1-5H3,(H,14,15)(H2,12,13,16). The first-order valence-electron chi connectivity index (χ1n) is 5.40. The van der Waals surface area contributed by atoms with Crippen molar-refractivity contribution in [2.24, 2.45) is 10.8 Å². The van der Waals surface area contributed by atoms with Crippen LogP contribution in [0.25, 0.3) is 0 Å². The SMILES string of the molecule is CC(NC(=O)NC1C(C)(C)C1(C)C)C(=O)O. The lowest BCUT2D eigenvalue weighted by Crippen LogP contribution is -2.46. The van der Waals surface area contributed by atoms with Gasteiger partial charge in [0.2, 0.25) is 0 Å². The maximum Gasteiger partial charge on any atom is 0.325 e. The van der Waals surface area contributed by atoms with Gasteiger partial charge in [-0.1, -0.05) is 27.7 Å². The quantitative estimate of drug-likeness (QED) is 0.679. The van der Waals surface area contributed by atoms with E-state index in [2.05, 4.69) is 38.3 Å². The van der Waals surface area contributed by atoms with E-state index in [4.69, 9.17) is 5.11 Å². The lowest BCUT2D eigenvalue weighted by molar-refractivity contribution is -0.138. The van der Waals surface area contributed by atoms with Gasteiger partial charge in [0.05, 0.1) is 0 Å². The molecule has 0 aromatic heterocycles. The Morgan fingerprint density at radius 3 is 1.94 bits per heavy atom. The van der Waals surface area contributed by atoms with Crippen molar-refractivity contribution >= 4 is 12.0 Å². The highest BCUT2D eigenvalue weighted by Crippen LogP contribution is 2.62. The zero-order valence-corrected chi connectivity index (χ0v) is 10.4. The molecule has 0 aromatic rings. The molecule has 0 aromatic carbocycles. The Bertz CT molecular complexity index is 309. The molecule has 1 aliphatic rings. The molecule has 1 unspecified atom stereocenters. The second-order valence-electron chi connectivity index (χ2n) is 5.55. The van der Waals surface area contributed by atoms with E-state index in [1.807, 2.05) is 0 Å². The maximum absolute atomic E-state index is 11.5. The Hall–Kier alpha value is -1.26. The molecule has 1 saturated carbocycles. The Morgan fingerprint density at radius 2 is 1.62 bits per heavy atom. The summed E-state index contributed by atoms with van der Waals surface area (Å²) in [6.07, 6.45) is 0. The minimum Gasteiger partial charge on any atom is -0.480 e. The molecule has 0 saturated heterocycles. The second-order valence-corrected chi connectivity index (χ2v) is 5.55. The highest BCUT2D eigenvalue weighted by Gasteiger charge is 2.65. The molecule has 3 N–H and O–H groups in total. The van der Waals surface area contributed by atoms with Crippen LogP contribution in [0.15, 0.2) is 0 Å². The Morgan fingerprint density at radius 1 is 1.19 bits per heavy atom. The van der Waals surface area contributed by atoms with Gasteiger partial charge in [-0.05, 0) is 17.8 Å². The van der Waals surface area contributed by atoms with Gasteiger partial charge in [0.25, 0.3) is 0 Å². The topological polar surface area (TPSA) is 78.4 Å². The largest absolute Gasteiger partial charge is 0.480 e. The summed E-state index contributed by atoms with van der Waals surface area (Å²) in [5.74, 6) is -1.04. The van der Waals surface area contributed by atoms with Crippen molar-refractivity contribution in [3.05, 3.63) is 0 Å². The molecular weight excluding hydrogens is 208 g/mol. The first kappa shape index (κ1) is 12.8. The molecule has 1 rings (SSSR count). The fraction of sp³-hybridized carbons (Fsp3) is 0.818. The minimum absolute atomic E-state index is 0.0524. The van der Waals surface area contributed by atoms with Crippen LogP contribution in [0.5, 0.6) is 0 Å². The molecule has 5 nitrogen and oxygen atoms in total. The van der Waals surface area contributed by atoms with Crippen LogP contribution in [0.2, 0.25) is 0 Å². The monoisotopic (exact) mass is 228 g/mol. The normalized spacial score (nSPS) is 23.3. The predicted molar refractivity (Wildman–Crippen MR) is 60.1 cm³/mol. The number of carbonyl (C=O) groups is 2. The third-order valence-corrected chi connectivity index (χ3v) is 4.01. The molecule has 16 heavy (non-hydrogen) atoms. The number of aliphatic carboxylic acids is 1. The van der Waals surface area contributed by atoms with Gasteiger partial charge >= 0.3 is 12.0 Å². The van der Waals surface area contributed by atoms with Crippen molar-refractivity contribution in [3.63, 3.8) is 0 Å². The summed E-state index contributed by atoms with van der Waals surface area (Å²) in [5.41, 5.74) is 0.105. The molecule has 5 heteroatoms. The van der Waals surface area contributed by atoms with Crippen LogP contribution in [0.4, 0.5) is 4.79 Å². The first-order chi connectivity index (χ1) is 7.10. The third-order valence-electron chi connectivity index (χ3n) is 4.01. The highest BCUT2D eigenvalue weighted by atomic mass is 16.4. The average molecular weight is 228 g/mol. The van der Waals surface area contributed by atoms with Crippen molar-refractivity contribution in [1.82, 2.24) is 10.6 Å². The average Bonchev–Trinajstić information content (AvgIpc) is 2.47. The van der Waals surface area contributed by atoms with E-state index >= 15 is 0 Å². The Balaban J connectivity index is 2.47. The first-order valence-corrected chi connectivity index (χ1v) is 5.40. The summed E-state index contributed by atoms with van der Waals surface area (Å²) in [6, 6.07) is -1.20. The fourth-order valence-corrected chi connectivity index (χ4v) is 1.99. The van der Waals surface area contributed by atoms with Crippen molar-refractivity contribution in [2.75, 3.05) is 0 Å². The minimum atomic E-state index is -1.04. The fourth-order valence-electron chi connectivity index (χ4n) is 1.99. The summed E-state index contributed by atoms with van der Waals surface area (Å²) < 4.78 is 0. The summed E-state index contributed by atoms with van der Waals surface area (Å²) in [5, 5.41) is 13.8. The van der Waals surface area contributed by atoms with Crippen LogP contribution in [0.1, 0.15) is 34.6 Å². The molecule has 0 heterocycles. The van der Waals surface area contributed by atoms with Crippen molar-refractivity contribution < 1.29 is 14.7 Å². The van der Waals surface area contributed by atoms with Crippen molar-refractivity contribution in [3.8, 4) is 0 Å². The van der Waals surface area contributed by atoms with Gasteiger partial charge in [0.1, 0.15) is 6.04 Å². The van der Waals surface area contributed by atoms with Crippen molar-refractivity contribution in [2.45, 2.75) is 46.7 Å². The number of hydrogen-bond acceptors (Lipinski definition) is 2. The molecule has 1 aliphatic carbocycles. The van der Waals surface area contributed by atoms with E-state index in [-0.39, 0.29) is 16.9 Å². The van der Waals surface area contributed by atoms with Gasteiger partial charge < -0.3 is 15.7 Å². The molecule has 2 amide bonds. The maximum atomic E-state index is 11.5. The number of nitrogens with one attached hydrogen (secondary N) is 2. The number of carboxylic acid groups (broad SMARTS) is 1. The van der Waals surface area contributed by atoms with Crippen LogP contribution in [0.3, 0.4) is 0 Å². The molecule has 1 fully saturated rings. The summed E-state index contributed by atoms with van der Waals surface area (Å²) in [6.45, 7) is 9.76. The third kappa shape index (κ3) is 1.99. The van der Waals surface area contributed by atoms with E-state index in [0.29, 0.717) is 0 Å². The number of carbonyl (C=O) groups excluding carboxylic acids is 1. The van der Waals surface area contributed by atoms with Crippen LogP contribution in [-0.2, 0) is 4.79 Å². The van der Waals surface area contributed by atoms with Gasteiger partial charge in [0, 0.05) is 6.04 Å². The van der Waals surface area contributed by atoms with Gasteiger partial charge in [-0.15, -0.1) is 0 Å². The Labute approximate surface area is 95.6 Å². The van der Waals surface area contributed by atoms with E-state index in [1.165, 1.54) is 6.92 Å². The van der Waals surface area contributed by atoms with Gasteiger partial charge in [-0.25, -0.2) is 4.79 Å². The van der Waals surface area contributed by atoms with Crippen molar-refractivity contribution in [1.29, 1.82) is 0 Å². The number of carboxylic acids is 1. The molecule has 0 spiro atoms. The van der Waals surface area contributed by atoms with Crippen LogP contribution in [0, 0.1) is 10.8 Å². The van der Waals surface area contributed by atoms with Gasteiger partial charge in [-0.3, -0.25) is 4.79 Å². The van der Waals surface area contributed by atoms with Gasteiger partial charge in [0.15, 0.2) is 0 Å². The number of amides is 2. The number of urea groups is 1. The highest BCUT2D eigenvalue weighted by molar-refractivity contribution is 5.82. The van der Waals surface area contributed by atoms with E-state index < -0.39 is 18.0 Å². The lowest BCUT2D eigenvalue weighted by atomic mass is 10.0. The van der Waals surface area contributed by atoms with Crippen LogP contribution >= 0.6 is 0 Å². The molecule has 92 valence electrons. The Kier molecular flexibility index (Phi) is 2.92. The molecule has 0 radical (unpaired) electrons. The molecule has 1 atom stereocenters. The van der Waals surface area contributed by atoms with Crippen LogP contribution < -0.4 is 10.6 Å². The lowest BCUT2D eigenvalue weighted by Gasteiger charge is -2.11. The van der Waals surface area contributed by atoms with E-state index in [0.717, 1.165) is 0 Å². The molecule has 0 bridgehead atoms. The van der Waals surface area contributed by atoms with Gasteiger partial charge in [-0.2, -0.15) is 0 Å². The van der Waals surface area contributed by atoms with E-state index in [1.54, 1.807) is 0 Å². The smallest absolute Gasteiger partial charge is 0.325 e. The summed E-state index contributed by atoms with van der Waals surface area (Å²) >= 11 is 0. The summed E-state index contributed by atoms with van der Waals surface area (Å²) in [4.78, 5) is 22.0. The molecule has 0 aliphatic heterocycles. The molecular formula is C11H20N2O3. The second kappa shape index (κ2) is 3.64. The number of rotatable bonds is 3. The predicted octanol–water partition coefficient (Wildman–Crippen LogP) is 1.19. The summed E-state index contributed by atoms with van der Waals surface area (Å²) in [7, 11) is 0. The van der Waals surface area contributed by atoms with E-state index in [9.17, 15) is 9.59 Å². The number of hydrogen-bond donors (Lipinski definition) is 3. The zero-order chi connectivity index (χ0) is 12.7. The van der Waals surface area contributed by atoms with Crippen LogP contribution in [-0.4, -0.2) is 29.2 Å².